The monoisotopic (exact) mass is 322 g/mol. The highest BCUT2D eigenvalue weighted by Crippen LogP contribution is 2.22. The van der Waals surface area contributed by atoms with Crippen molar-refractivity contribution in [2.24, 2.45) is 5.10 Å². The van der Waals surface area contributed by atoms with Crippen LogP contribution in [0.1, 0.15) is 58.9 Å². The normalized spacial score (nSPS) is 11.8. The summed E-state index contributed by atoms with van der Waals surface area (Å²) in [5.74, 6) is -0.200. The molecule has 0 aliphatic carbocycles. The molecule has 0 spiro atoms. The van der Waals surface area contributed by atoms with Gasteiger partial charge in [0.1, 0.15) is 0 Å². The van der Waals surface area contributed by atoms with Crippen molar-refractivity contribution in [3.8, 4) is 0 Å². The van der Waals surface area contributed by atoms with Crippen LogP contribution in [0.5, 0.6) is 0 Å². The van der Waals surface area contributed by atoms with Gasteiger partial charge in [0.25, 0.3) is 5.91 Å². The Hall–Kier alpha value is -2.42. The Morgan fingerprint density at radius 2 is 1.54 bits per heavy atom. The van der Waals surface area contributed by atoms with E-state index in [1.165, 1.54) is 11.1 Å². The molecule has 1 amide bonds. The van der Waals surface area contributed by atoms with Crippen molar-refractivity contribution in [2.75, 3.05) is 0 Å². The lowest BCUT2D eigenvalue weighted by atomic mass is 9.87. The third-order valence-electron chi connectivity index (χ3n) is 4.11. The van der Waals surface area contributed by atoms with Crippen LogP contribution < -0.4 is 5.43 Å². The molecule has 2 aromatic rings. The second-order valence-corrected chi connectivity index (χ2v) is 7.34. The fraction of sp³-hybridized carbons (Fsp3) is 0.333. The van der Waals surface area contributed by atoms with Gasteiger partial charge in [0, 0.05) is 11.1 Å². The summed E-state index contributed by atoms with van der Waals surface area (Å²) >= 11 is 0. The van der Waals surface area contributed by atoms with Crippen LogP contribution in [0.2, 0.25) is 0 Å². The summed E-state index contributed by atoms with van der Waals surface area (Å²) in [7, 11) is 0. The van der Waals surface area contributed by atoms with Gasteiger partial charge in [-0.1, -0.05) is 50.6 Å². The highest BCUT2D eigenvalue weighted by molar-refractivity contribution is 5.95. The average Bonchev–Trinajstić information content (AvgIpc) is 2.49. The van der Waals surface area contributed by atoms with Crippen LogP contribution in [0.25, 0.3) is 0 Å². The number of nitrogens with one attached hydrogen (secondary N) is 1. The van der Waals surface area contributed by atoms with Gasteiger partial charge in [-0.15, -0.1) is 0 Å². The molecule has 3 heteroatoms. The molecule has 0 radical (unpaired) electrons. The number of carbonyl (C=O) groups excluding carboxylic acids is 1. The largest absolute Gasteiger partial charge is 0.271 e. The van der Waals surface area contributed by atoms with Crippen LogP contribution in [0.4, 0.5) is 0 Å². The molecule has 24 heavy (non-hydrogen) atoms. The molecular weight excluding hydrogens is 296 g/mol. The minimum atomic E-state index is -0.200. The molecule has 0 bridgehead atoms. The lowest BCUT2D eigenvalue weighted by molar-refractivity contribution is 0.0955. The molecule has 0 fully saturated rings. The van der Waals surface area contributed by atoms with E-state index in [0.717, 1.165) is 16.7 Å². The van der Waals surface area contributed by atoms with Gasteiger partial charge in [0.05, 0.1) is 6.21 Å². The third kappa shape index (κ3) is 4.31. The topological polar surface area (TPSA) is 41.5 Å². The molecule has 0 unspecified atom stereocenters. The van der Waals surface area contributed by atoms with Crippen molar-refractivity contribution in [3.05, 3.63) is 69.8 Å². The van der Waals surface area contributed by atoms with E-state index in [4.69, 9.17) is 0 Å². The van der Waals surface area contributed by atoms with E-state index in [1.807, 2.05) is 38.1 Å². The summed E-state index contributed by atoms with van der Waals surface area (Å²) in [6, 6.07) is 11.9. The standard InChI is InChI=1S/C21H26N2O/c1-14-11-15(2)19(16(3)12-14)13-22-23-20(24)17-7-9-18(10-8-17)21(4,5)6/h7-13H,1-6H3,(H,23,24)/b22-13-. The van der Waals surface area contributed by atoms with Crippen LogP contribution in [0, 0.1) is 20.8 Å². The minimum absolute atomic E-state index is 0.0770. The average molecular weight is 322 g/mol. The minimum Gasteiger partial charge on any atom is -0.267 e. The van der Waals surface area contributed by atoms with Crippen LogP contribution in [0.15, 0.2) is 41.5 Å². The van der Waals surface area contributed by atoms with E-state index in [1.54, 1.807) is 6.21 Å². The number of hydrogen-bond donors (Lipinski definition) is 1. The van der Waals surface area contributed by atoms with Crippen LogP contribution >= 0.6 is 0 Å². The predicted octanol–water partition coefficient (Wildman–Crippen LogP) is 4.67. The first-order valence-electron chi connectivity index (χ1n) is 8.20. The maximum absolute atomic E-state index is 12.2. The van der Waals surface area contributed by atoms with Crippen molar-refractivity contribution >= 4 is 12.1 Å². The highest BCUT2D eigenvalue weighted by atomic mass is 16.2. The van der Waals surface area contributed by atoms with Crippen molar-refractivity contribution in [1.29, 1.82) is 0 Å². The lowest BCUT2D eigenvalue weighted by Gasteiger charge is -2.18. The highest BCUT2D eigenvalue weighted by Gasteiger charge is 2.14. The van der Waals surface area contributed by atoms with Gasteiger partial charge in [0.15, 0.2) is 0 Å². The number of aryl methyl sites for hydroxylation is 3. The van der Waals surface area contributed by atoms with Crippen molar-refractivity contribution in [2.45, 2.75) is 47.0 Å². The van der Waals surface area contributed by atoms with E-state index in [9.17, 15) is 4.79 Å². The van der Waals surface area contributed by atoms with Crippen molar-refractivity contribution < 1.29 is 4.79 Å². The van der Waals surface area contributed by atoms with E-state index in [-0.39, 0.29) is 11.3 Å². The Balaban J connectivity index is 2.08. The molecule has 2 rings (SSSR count). The number of benzene rings is 2. The Kier molecular flexibility index (Phi) is 5.23. The van der Waals surface area contributed by atoms with Crippen molar-refractivity contribution in [3.63, 3.8) is 0 Å². The molecule has 2 aromatic carbocycles. The Bertz CT molecular complexity index is 742. The third-order valence-corrected chi connectivity index (χ3v) is 4.11. The Morgan fingerprint density at radius 1 is 1.00 bits per heavy atom. The molecule has 0 atom stereocenters. The number of hydrogen-bond acceptors (Lipinski definition) is 2. The van der Waals surface area contributed by atoms with Gasteiger partial charge < -0.3 is 0 Å². The first-order valence-corrected chi connectivity index (χ1v) is 8.20. The van der Waals surface area contributed by atoms with E-state index in [2.05, 4.69) is 50.4 Å². The van der Waals surface area contributed by atoms with E-state index >= 15 is 0 Å². The van der Waals surface area contributed by atoms with Crippen LogP contribution in [-0.4, -0.2) is 12.1 Å². The number of carbonyl (C=O) groups is 1. The molecule has 0 aliphatic heterocycles. The number of rotatable bonds is 3. The van der Waals surface area contributed by atoms with Gasteiger partial charge in [-0.2, -0.15) is 5.10 Å². The SMILES string of the molecule is Cc1cc(C)c(/C=N\NC(=O)c2ccc(C(C)(C)C)cc2)c(C)c1. The fourth-order valence-electron chi connectivity index (χ4n) is 2.74. The van der Waals surface area contributed by atoms with E-state index in [0.29, 0.717) is 5.56 Å². The van der Waals surface area contributed by atoms with Gasteiger partial charge in [0.2, 0.25) is 0 Å². The molecule has 126 valence electrons. The summed E-state index contributed by atoms with van der Waals surface area (Å²) in [4.78, 5) is 12.2. The molecule has 0 heterocycles. The maximum atomic E-state index is 12.2. The Morgan fingerprint density at radius 3 is 2.04 bits per heavy atom. The first kappa shape index (κ1) is 17.9. The zero-order valence-electron chi connectivity index (χ0n) is 15.4. The predicted molar refractivity (Wildman–Crippen MR) is 101 cm³/mol. The summed E-state index contributed by atoms with van der Waals surface area (Å²) < 4.78 is 0. The second-order valence-electron chi connectivity index (χ2n) is 7.34. The smallest absolute Gasteiger partial charge is 0.267 e. The van der Waals surface area contributed by atoms with Gasteiger partial charge in [-0.3, -0.25) is 4.79 Å². The van der Waals surface area contributed by atoms with Crippen molar-refractivity contribution in [1.82, 2.24) is 5.43 Å². The molecule has 0 aromatic heterocycles. The molecular formula is C21H26N2O. The number of hydrazone groups is 1. The van der Waals surface area contributed by atoms with E-state index < -0.39 is 0 Å². The second kappa shape index (κ2) is 7.00. The molecule has 0 aliphatic rings. The summed E-state index contributed by atoms with van der Waals surface area (Å²) in [6.45, 7) is 12.6. The van der Waals surface area contributed by atoms with Crippen LogP contribution in [0.3, 0.4) is 0 Å². The first-order chi connectivity index (χ1) is 11.2. The summed E-state index contributed by atoms with van der Waals surface area (Å²) in [5.41, 5.74) is 9.07. The Labute approximate surface area is 144 Å². The lowest BCUT2D eigenvalue weighted by Crippen LogP contribution is -2.18. The van der Waals surface area contributed by atoms with Gasteiger partial charge in [-0.05, 0) is 55.0 Å². The summed E-state index contributed by atoms with van der Waals surface area (Å²) in [5, 5.41) is 4.12. The molecule has 3 nitrogen and oxygen atoms in total. The zero-order valence-corrected chi connectivity index (χ0v) is 15.4. The number of amides is 1. The fourth-order valence-corrected chi connectivity index (χ4v) is 2.74. The van der Waals surface area contributed by atoms with Gasteiger partial charge in [-0.25, -0.2) is 5.43 Å². The number of nitrogens with zero attached hydrogens (tertiary/aromatic N) is 1. The summed E-state index contributed by atoms with van der Waals surface area (Å²) in [6.07, 6.45) is 1.71. The molecule has 0 saturated carbocycles. The zero-order chi connectivity index (χ0) is 17.9. The molecule has 0 saturated heterocycles. The quantitative estimate of drug-likeness (QED) is 0.647. The maximum Gasteiger partial charge on any atom is 0.271 e. The van der Waals surface area contributed by atoms with Gasteiger partial charge >= 0.3 is 0 Å². The molecule has 1 N–H and O–H groups in total. The van der Waals surface area contributed by atoms with Crippen LogP contribution in [-0.2, 0) is 5.41 Å².